The molecule has 0 amide bonds. The van der Waals surface area contributed by atoms with E-state index in [2.05, 4.69) is 20.8 Å². The Balaban J connectivity index is 2.82. The van der Waals surface area contributed by atoms with Gasteiger partial charge < -0.3 is 13.8 Å². The van der Waals surface area contributed by atoms with Crippen LogP contribution in [0.5, 0.6) is 5.75 Å². The zero-order valence-electron chi connectivity index (χ0n) is 15.5. The Morgan fingerprint density at radius 3 is 2.21 bits per heavy atom. The third-order valence-corrected chi connectivity index (χ3v) is 5.48. The van der Waals surface area contributed by atoms with E-state index in [1.807, 2.05) is 25.1 Å². The molecule has 0 unspecified atom stereocenters. The molecule has 0 aromatic heterocycles. The maximum Gasteiger partial charge on any atom is 0.331 e. The van der Waals surface area contributed by atoms with Crippen molar-refractivity contribution in [3.63, 3.8) is 0 Å². The monoisotopic (exact) mass is 356 g/mol. The topological polar surface area (TPSA) is 61.8 Å². The molecule has 1 aromatic rings. The third-order valence-electron chi connectivity index (χ3n) is 3.41. The van der Waals surface area contributed by atoms with E-state index in [-0.39, 0.29) is 31.2 Å². The Bertz CT molecular complexity index is 594. The molecule has 24 heavy (non-hydrogen) atoms. The predicted octanol–water partition coefficient (Wildman–Crippen LogP) is 4.85. The van der Waals surface area contributed by atoms with Crippen LogP contribution in [-0.2, 0) is 23.8 Å². The Morgan fingerprint density at radius 2 is 1.71 bits per heavy atom. The number of benzene rings is 1. The number of carbonyl (C=O) groups excluding carboxylic acids is 1. The van der Waals surface area contributed by atoms with Crippen LogP contribution in [0.25, 0.3) is 0 Å². The number of hydrogen-bond donors (Lipinski definition) is 0. The van der Waals surface area contributed by atoms with Gasteiger partial charge >= 0.3 is 13.6 Å². The summed E-state index contributed by atoms with van der Waals surface area (Å²) in [6.07, 6.45) is -0.00101. The number of esters is 1. The predicted molar refractivity (Wildman–Crippen MR) is 95.9 cm³/mol. The van der Waals surface area contributed by atoms with E-state index in [4.69, 9.17) is 13.8 Å². The molecule has 0 aliphatic heterocycles. The minimum absolute atomic E-state index is 0.0180. The summed E-state index contributed by atoms with van der Waals surface area (Å²) in [5, 5.41) is 0. The van der Waals surface area contributed by atoms with E-state index in [1.165, 1.54) is 0 Å². The van der Waals surface area contributed by atoms with Crippen molar-refractivity contribution in [3.8, 4) is 5.75 Å². The average Bonchev–Trinajstić information content (AvgIpc) is 2.44. The second kappa shape index (κ2) is 8.80. The molecule has 6 heteroatoms. The fourth-order valence-corrected chi connectivity index (χ4v) is 3.87. The van der Waals surface area contributed by atoms with Crippen LogP contribution >= 0.6 is 7.60 Å². The van der Waals surface area contributed by atoms with Crippen LogP contribution in [-0.4, -0.2) is 25.3 Å². The number of aryl methyl sites for hydroxylation is 1. The molecule has 0 heterocycles. The third kappa shape index (κ3) is 6.39. The van der Waals surface area contributed by atoms with Crippen molar-refractivity contribution in [3.05, 3.63) is 29.3 Å². The Morgan fingerprint density at radius 1 is 1.12 bits per heavy atom. The lowest BCUT2D eigenvalue weighted by atomic mass is 9.86. The summed E-state index contributed by atoms with van der Waals surface area (Å²) in [4.78, 5) is 12.2. The molecule has 0 spiro atoms. The highest BCUT2D eigenvalue weighted by molar-refractivity contribution is 7.53. The molecule has 0 fully saturated rings. The highest BCUT2D eigenvalue weighted by Crippen LogP contribution is 2.48. The number of ether oxygens (including phenoxy) is 1. The maximum atomic E-state index is 12.4. The first-order chi connectivity index (χ1) is 11.1. The van der Waals surface area contributed by atoms with Crippen LogP contribution in [0.15, 0.2) is 18.2 Å². The minimum atomic E-state index is -3.23. The number of hydrogen-bond acceptors (Lipinski definition) is 5. The number of rotatable bonds is 8. The van der Waals surface area contributed by atoms with Gasteiger partial charge in [-0.05, 0) is 37.8 Å². The largest absolute Gasteiger partial charge is 0.426 e. The number of carbonyl (C=O) groups is 1. The van der Waals surface area contributed by atoms with Gasteiger partial charge in [-0.1, -0.05) is 32.9 Å². The Kier molecular flexibility index (Phi) is 7.65. The van der Waals surface area contributed by atoms with Crippen LogP contribution in [0.4, 0.5) is 0 Å². The molecule has 0 bridgehead atoms. The maximum absolute atomic E-state index is 12.4. The molecular weight excluding hydrogens is 327 g/mol. The highest BCUT2D eigenvalue weighted by atomic mass is 31.2. The summed E-state index contributed by atoms with van der Waals surface area (Å²) in [5.74, 6) is 0.112. The molecule has 0 saturated carbocycles. The van der Waals surface area contributed by atoms with Crippen LogP contribution in [0.3, 0.4) is 0 Å². The molecule has 5 nitrogen and oxygen atoms in total. The molecule has 0 aliphatic carbocycles. The quantitative estimate of drug-likeness (QED) is 0.378. The van der Waals surface area contributed by atoms with Crippen LogP contribution in [0, 0.1) is 6.92 Å². The summed E-state index contributed by atoms with van der Waals surface area (Å²) in [5.41, 5.74) is 1.83. The van der Waals surface area contributed by atoms with E-state index in [9.17, 15) is 9.36 Å². The molecule has 1 rings (SSSR count). The minimum Gasteiger partial charge on any atom is -0.426 e. The normalized spacial score (nSPS) is 12.2. The molecule has 1 aromatic carbocycles. The van der Waals surface area contributed by atoms with E-state index in [0.717, 1.165) is 11.1 Å². The molecule has 136 valence electrons. The first-order valence-electron chi connectivity index (χ1n) is 8.31. The van der Waals surface area contributed by atoms with Crippen molar-refractivity contribution in [1.29, 1.82) is 0 Å². The van der Waals surface area contributed by atoms with Crippen molar-refractivity contribution in [1.82, 2.24) is 0 Å². The van der Waals surface area contributed by atoms with Gasteiger partial charge in [-0.3, -0.25) is 9.36 Å². The van der Waals surface area contributed by atoms with Gasteiger partial charge in [0, 0.05) is 5.56 Å². The molecule has 0 aliphatic rings. The SMILES string of the molecule is CCOP(=O)(CCC(=O)Oc1cc(C)ccc1C(C)(C)C)OCC. The average molecular weight is 356 g/mol. The van der Waals surface area contributed by atoms with Crippen molar-refractivity contribution in [2.45, 2.75) is 53.4 Å². The second-order valence-electron chi connectivity index (χ2n) is 6.64. The van der Waals surface area contributed by atoms with Crippen molar-refractivity contribution in [2.24, 2.45) is 0 Å². The van der Waals surface area contributed by atoms with E-state index < -0.39 is 13.6 Å². The first kappa shape index (κ1) is 20.9. The van der Waals surface area contributed by atoms with Gasteiger partial charge in [0.2, 0.25) is 0 Å². The molecule has 0 radical (unpaired) electrons. The van der Waals surface area contributed by atoms with E-state index >= 15 is 0 Å². The summed E-state index contributed by atoms with van der Waals surface area (Å²) in [6, 6.07) is 5.82. The fraction of sp³-hybridized carbons (Fsp3) is 0.611. The van der Waals surface area contributed by atoms with Gasteiger partial charge in [-0.25, -0.2) is 0 Å². The Labute approximate surface area is 145 Å². The van der Waals surface area contributed by atoms with Crippen molar-refractivity contribution < 1.29 is 23.1 Å². The highest BCUT2D eigenvalue weighted by Gasteiger charge is 2.26. The lowest BCUT2D eigenvalue weighted by Crippen LogP contribution is -2.17. The lowest BCUT2D eigenvalue weighted by Gasteiger charge is -2.23. The van der Waals surface area contributed by atoms with E-state index in [1.54, 1.807) is 13.8 Å². The summed E-state index contributed by atoms with van der Waals surface area (Å²) < 4.78 is 28.3. The smallest absolute Gasteiger partial charge is 0.331 e. The van der Waals surface area contributed by atoms with Crippen molar-refractivity contribution >= 4 is 13.6 Å². The first-order valence-corrected chi connectivity index (χ1v) is 10.0. The molecule has 0 atom stereocenters. The molecular formula is C18H29O5P. The standard InChI is InChI=1S/C18H29O5P/c1-7-21-24(20,22-8-2)12-11-17(19)23-16-13-14(3)9-10-15(16)18(4,5)6/h9-10,13H,7-8,11-12H2,1-6H3. The van der Waals surface area contributed by atoms with Crippen LogP contribution < -0.4 is 4.74 Å². The van der Waals surface area contributed by atoms with Gasteiger partial charge in [0.1, 0.15) is 5.75 Å². The fourth-order valence-electron chi connectivity index (χ4n) is 2.30. The molecule has 0 N–H and O–H groups in total. The van der Waals surface area contributed by atoms with Crippen LogP contribution in [0.1, 0.15) is 52.2 Å². The summed E-state index contributed by atoms with van der Waals surface area (Å²) in [6.45, 7) is 12.2. The summed E-state index contributed by atoms with van der Waals surface area (Å²) >= 11 is 0. The van der Waals surface area contributed by atoms with Crippen molar-refractivity contribution in [2.75, 3.05) is 19.4 Å². The van der Waals surface area contributed by atoms with Gasteiger partial charge in [0.25, 0.3) is 0 Å². The zero-order valence-corrected chi connectivity index (χ0v) is 16.4. The van der Waals surface area contributed by atoms with Gasteiger partial charge in [0.15, 0.2) is 0 Å². The van der Waals surface area contributed by atoms with Crippen LogP contribution in [0.2, 0.25) is 0 Å². The zero-order chi connectivity index (χ0) is 18.4. The van der Waals surface area contributed by atoms with Gasteiger partial charge in [0.05, 0.1) is 25.8 Å². The lowest BCUT2D eigenvalue weighted by molar-refractivity contribution is -0.134. The van der Waals surface area contributed by atoms with Gasteiger partial charge in [-0.15, -0.1) is 0 Å². The molecule has 0 saturated heterocycles. The summed E-state index contributed by atoms with van der Waals surface area (Å²) in [7, 11) is -3.23. The second-order valence-corrected chi connectivity index (χ2v) is 8.83. The van der Waals surface area contributed by atoms with E-state index in [0.29, 0.717) is 5.75 Å². The van der Waals surface area contributed by atoms with Gasteiger partial charge in [-0.2, -0.15) is 0 Å². The Hall–Kier alpha value is -1.16.